The van der Waals surface area contributed by atoms with Gasteiger partial charge in [0.1, 0.15) is 11.9 Å². The van der Waals surface area contributed by atoms with E-state index in [9.17, 15) is 18.0 Å². The molecule has 12 heteroatoms. The minimum absolute atomic E-state index is 0.0909. The molecule has 2 unspecified atom stereocenters. The van der Waals surface area contributed by atoms with E-state index in [1.807, 2.05) is 6.07 Å². The quantitative estimate of drug-likeness (QED) is 0.293. The first-order chi connectivity index (χ1) is 18.3. The normalized spacial score (nSPS) is 20.2. The van der Waals surface area contributed by atoms with Crippen LogP contribution in [0.4, 0.5) is 35.3 Å². The number of aromatic nitrogens is 4. The fourth-order valence-electron chi connectivity index (χ4n) is 5.06. The second-order valence-corrected chi connectivity index (χ2v) is 9.82. The monoisotopic (exact) mass is 529 g/mol. The van der Waals surface area contributed by atoms with E-state index < -0.39 is 17.8 Å². The minimum Gasteiger partial charge on any atom is -0.460 e. The molecule has 2 aromatic heterocycles. The summed E-state index contributed by atoms with van der Waals surface area (Å²) in [7, 11) is 0. The van der Waals surface area contributed by atoms with E-state index in [4.69, 9.17) is 4.74 Å². The number of benzene rings is 1. The molecule has 2 atom stereocenters. The standard InChI is InChI=1S/C26H30F3N7O2/c27-26(28,29)17-5-4-6-18(14-17)31-24(37)32-19-10-9-16(13-19)21-15-23(36-35-21)33-22-11-12-30-25(34-22)38-20-7-2-1-3-8-20/h4-6,11-12,14-16,19-20H,1-3,7-10,13H2,(H2,31,32,37)(H2,30,33,34,35,36). The first-order valence-corrected chi connectivity index (χ1v) is 12.9. The van der Waals surface area contributed by atoms with Crippen LogP contribution in [-0.2, 0) is 6.18 Å². The Hall–Kier alpha value is -3.83. The van der Waals surface area contributed by atoms with Crippen molar-refractivity contribution in [2.75, 3.05) is 10.6 Å². The Balaban J connectivity index is 1.12. The smallest absolute Gasteiger partial charge is 0.416 e. The van der Waals surface area contributed by atoms with E-state index >= 15 is 0 Å². The van der Waals surface area contributed by atoms with Crippen molar-refractivity contribution in [1.82, 2.24) is 25.5 Å². The number of alkyl halides is 3. The summed E-state index contributed by atoms with van der Waals surface area (Å²) < 4.78 is 44.7. The van der Waals surface area contributed by atoms with Crippen LogP contribution in [0.25, 0.3) is 0 Å². The Kier molecular flexibility index (Phi) is 7.66. The lowest BCUT2D eigenvalue weighted by Gasteiger charge is -2.21. The van der Waals surface area contributed by atoms with E-state index in [1.165, 1.54) is 18.6 Å². The lowest BCUT2D eigenvalue weighted by atomic mass is 9.98. The van der Waals surface area contributed by atoms with E-state index in [0.717, 1.165) is 56.4 Å². The Morgan fingerprint density at radius 2 is 1.87 bits per heavy atom. The number of nitrogens with zero attached hydrogens (tertiary/aromatic N) is 3. The number of nitrogens with one attached hydrogen (secondary N) is 4. The Labute approximate surface area is 218 Å². The van der Waals surface area contributed by atoms with E-state index in [2.05, 4.69) is 36.1 Å². The number of carbonyl (C=O) groups excluding carboxylic acids is 1. The molecule has 2 saturated carbocycles. The van der Waals surface area contributed by atoms with Gasteiger partial charge < -0.3 is 20.7 Å². The van der Waals surface area contributed by atoms with Crippen molar-refractivity contribution in [2.24, 2.45) is 0 Å². The average molecular weight is 530 g/mol. The summed E-state index contributed by atoms with van der Waals surface area (Å²) in [5, 5.41) is 15.9. The van der Waals surface area contributed by atoms with Crippen LogP contribution in [-0.4, -0.2) is 38.3 Å². The number of hydrogen-bond acceptors (Lipinski definition) is 6. The van der Waals surface area contributed by atoms with Gasteiger partial charge in [0.2, 0.25) is 0 Å². The number of carbonyl (C=O) groups is 1. The Bertz CT molecular complexity index is 1240. The number of aromatic amines is 1. The van der Waals surface area contributed by atoms with Gasteiger partial charge in [-0.3, -0.25) is 5.10 Å². The zero-order valence-electron chi connectivity index (χ0n) is 20.7. The lowest BCUT2D eigenvalue weighted by molar-refractivity contribution is -0.137. The highest BCUT2D eigenvalue weighted by Crippen LogP contribution is 2.35. The molecule has 0 radical (unpaired) electrons. The van der Waals surface area contributed by atoms with Gasteiger partial charge in [-0.15, -0.1) is 0 Å². The summed E-state index contributed by atoms with van der Waals surface area (Å²) in [6, 6.07) is 7.95. The third-order valence-corrected chi connectivity index (χ3v) is 6.97. The van der Waals surface area contributed by atoms with Gasteiger partial charge in [-0.25, -0.2) is 9.78 Å². The van der Waals surface area contributed by atoms with Crippen LogP contribution in [0.1, 0.15) is 68.5 Å². The van der Waals surface area contributed by atoms with Crippen LogP contribution in [0.3, 0.4) is 0 Å². The maximum absolute atomic E-state index is 12.9. The molecule has 2 amide bonds. The average Bonchev–Trinajstić information content (AvgIpc) is 3.54. The van der Waals surface area contributed by atoms with Gasteiger partial charge in [-0.2, -0.15) is 23.3 Å². The molecule has 9 nitrogen and oxygen atoms in total. The number of ether oxygens (including phenoxy) is 1. The van der Waals surface area contributed by atoms with Crippen LogP contribution in [0.5, 0.6) is 6.01 Å². The molecule has 2 fully saturated rings. The molecule has 3 aromatic rings. The second kappa shape index (κ2) is 11.3. The zero-order valence-corrected chi connectivity index (χ0v) is 20.7. The highest BCUT2D eigenvalue weighted by molar-refractivity contribution is 5.89. The van der Waals surface area contributed by atoms with Crippen molar-refractivity contribution < 1.29 is 22.7 Å². The van der Waals surface area contributed by atoms with E-state index in [0.29, 0.717) is 24.1 Å². The molecule has 1 aromatic carbocycles. The van der Waals surface area contributed by atoms with Crippen LogP contribution in [0, 0.1) is 0 Å². The lowest BCUT2D eigenvalue weighted by Crippen LogP contribution is -2.36. The predicted molar refractivity (Wildman–Crippen MR) is 135 cm³/mol. The van der Waals surface area contributed by atoms with Crippen molar-refractivity contribution in [2.45, 2.75) is 75.6 Å². The van der Waals surface area contributed by atoms with Crippen LogP contribution in [0.15, 0.2) is 42.6 Å². The summed E-state index contributed by atoms with van der Waals surface area (Å²) in [5.41, 5.74) is 0.214. The summed E-state index contributed by atoms with van der Waals surface area (Å²) in [5.74, 6) is 1.36. The minimum atomic E-state index is -4.47. The van der Waals surface area contributed by atoms with Crippen LogP contribution < -0.4 is 20.7 Å². The van der Waals surface area contributed by atoms with Crippen LogP contribution >= 0.6 is 0 Å². The number of anilines is 3. The van der Waals surface area contributed by atoms with E-state index in [1.54, 1.807) is 12.3 Å². The molecule has 2 heterocycles. The van der Waals surface area contributed by atoms with Crippen molar-refractivity contribution >= 4 is 23.4 Å². The number of H-pyrrole nitrogens is 1. The highest BCUT2D eigenvalue weighted by Gasteiger charge is 2.31. The third-order valence-electron chi connectivity index (χ3n) is 6.97. The molecular weight excluding hydrogens is 499 g/mol. The number of hydrogen-bond donors (Lipinski definition) is 4. The molecule has 5 rings (SSSR count). The van der Waals surface area contributed by atoms with Gasteiger partial charge in [0.05, 0.1) is 5.56 Å². The SMILES string of the molecule is O=C(Nc1cccc(C(F)(F)F)c1)NC1CCC(c2cc(Nc3ccnc(OC4CCCCC4)n3)n[nH]2)C1. The number of amides is 2. The molecular formula is C26H30F3N7O2. The molecule has 4 N–H and O–H groups in total. The molecule has 0 bridgehead atoms. The van der Waals surface area contributed by atoms with Crippen molar-refractivity contribution in [3.05, 3.63) is 53.9 Å². The summed E-state index contributed by atoms with van der Waals surface area (Å²) in [6.45, 7) is 0. The van der Waals surface area contributed by atoms with Gasteiger partial charge in [0, 0.05) is 35.6 Å². The fourth-order valence-corrected chi connectivity index (χ4v) is 5.06. The first-order valence-electron chi connectivity index (χ1n) is 12.9. The molecule has 38 heavy (non-hydrogen) atoms. The summed E-state index contributed by atoms with van der Waals surface area (Å²) in [6.07, 6.45) is 5.22. The van der Waals surface area contributed by atoms with Gasteiger partial charge in [0.25, 0.3) is 0 Å². The Morgan fingerprint density at radius 3 is 2.68 bits per heavy atom. The maximum atomic E-state index is 12.9. The van der Waals surface area contributed by atoms with Crippen molar-refractivity contribution in [3.63, 3.8) is 0 Å². The van der Waals surface area contributed by atoms with E-state index in [-0.39, 0.29) is 23.8 Å². The molecule has 0 aliphatic heterocycles. The molecule has 0 saturated heterocycles. The van der Waals surface area contributed by atoms with Gasteiger partial charge in [-0.1, -0.05) is 12.5 Å². The largest absolute Gasteiger partial charge is 0.460 e. The zero-order chi connectivity index (χ0) is 26.5. The topological polar surface area (TPSA) is 117 Å². The number of rotatable bonds is 7. The number of halogens is 3. The second-order valence-electron chi connectivity index (χ2n) is 9.82. The van der Waals surface area contributed by atoms with Crippen molar-refractivity contribution in [1.29, 1.82) is 0 Å². The maximum Gasteiger partial charge on any atom is 0.416 e. The fraction of sp³-hybridized carbons (Fsp3) is 0.462. The molecule has 0 spiro atoms. The van der Waals surface area contributed by atoms with Crippen LogP contribution in [0.2, 0.25) is 0 Å². The first kappa shape index (κ1) is 25.8. The van der Waals surface area contributed by atoms with Crippen molar-refractivity contribution in [3.8, 4) is 6.01 Å². The third kappa shape index (κ3) is 6.73. The van der Waals surface area contributed by atoms with Gasteiger partial charge >= 0.3 is 18.2 Å². The highest BCUT2D eigenvalue weighted by atomic mass is 19.4. The molecule has 202 valence electrons. The number of urea groups is 1. The van der Waals surface area contributed by atoms with Gasteiger partial charge in [-0.05, 0) is 69.2 Å². The summed E-state index contributed by atoms with van der Waals surface area (Å²) in [4.78, 5) is 21.1. The predicted octanol–water partition coefficient (Wildman–Crippen LogP) is 6.13. The Morgan fingerprint density at radius 1 is 1.03 bits per heavy atom. The molecule has 2 aliphatic carbocycles. The molecule has 2 aliphatic rings. The summed E-state index contributed by atoms with van der Waals surface area (Å²) >= 11 is 0. The van der Waals surface area contributed by atoms with Gasteiger partial charge in [0.15, 0.2) is 5.82 Å².